The quantitative estimate of drug-likeness (QED) is 0.387. The van der Waals surface area contributed by atoms with Gasteiger partial charge in [0.2, 0.25) is 0 Å². The Bertz CT molecular complexity index is 161. The van der Waals surface area contributed by atoms with Crippen LogP contribution < -0.4 is 10.9 Å². The molecule has 0 fully saturated rings. The van der Waals surface area contributed by atoms with E-state index in [1.807, 2.05) is 0 Å². The van der Waals surface area contributed by atoms with E-state index in [9.17, 15) is 0 Å². The zero-order valence-electron chi connectivity index (χ0n) is 13.3. The molecule has 0 aromatic carbocycles. The number of rotatable bonds is 12. The summed E-state index contributed by atoms with van der Waals surface area (Å²) >= 11 is 0. The van der Waals surface area contributed by atoms with Crippen LogP contribution in [-0.4, -0.2) is 12.1 Å². The predicted octanol–water partition coefficient (Wildman–Crippen LogP) is 4.80. The van der Waals surface area contributed by atoms with Gasteiger partial charge in [-0.3, -0.25) is 10.9 Å². The third-order valence-electron chi connectivity index (χ3n) is 3.12. The van der Waals surface area contributed by atoms with E-state index in [-0.39, 0.29) is 5.54 Å². The van der Waals surface area contributed by atoms with Gasteiger partial charge in [-0.25, -0.2) is 0 Å². The maximum absolute atomic E-state index is 3.30. The topological polar surface area (TPSA) is 24.1 Å². The predicted molar refractivity (Wildman–Crippen MR) is 82.7 cm³/mol. The van der Waals surface area contributed by atoms with Gasteiger partial charge in [0.05, 0.1) is 0 Å². The summed E-state index contributed by atoms with van der Waals surface area (Å²) in [6, 6.07) is 0. The average molecular weight is 256 g/mol. The van der Waals surface area contributed by atoms with Crippen LogP contribution in [0.1, 0.15) is 91.9 Å². The van der Waals surface area contributed by atoms with Gasteiger partial charge in [0.25, 0.3) is 0 Å². The number of nitrogens with one attached hydrogen (secondary N) is 2. The normalized spacial score (nSPS) is 12.0. The van der Waals surface area contributed by atoms with Crippen LogP contribution in [0.15, 0.2) is 0 Å². The first-order valence-corrected chi connectivity index (χ1v) is 8.06. The second-order valence-corrected chi connectivity index (χ2v) is 6.48. The molecule has 0 saturated carbocycles. The van der Waals surface area contributed by atoms with Gasteiger partial charge in [-0.15, -0.1) is 0 Å². The highest BCUT2D eigenvalue weighted by atomic mass is 15.4. The molecule has 0 amide bonds. The maximum Gasteiger partial charge on any atom is 0.0239 e. The second kappa shape index (κ2) is 12.0. The van der Waals surface area contributed by atoms with Crippen molar-refractivity contribution in [1.29, 1.82) is 0 Å². The number of hydrogen-bond donors (Lipinski definition) is 2. The molecule has 0 aromatic heterocycles. The van der Waals surface area contributed by atoms with E-state index in [1.165, 1.54) is 64.2 Å². The Balaban J connectivity index is 2.99. The highest BCUT2D eigenvalue weighted by Crippen LogP contribution is 2.10. The lowest BCUT2D eigenvalue weighted by Gasteiger charge is -2.21. The van der Waals surface area contributed by atoms with E-state index in [2.05, 4.69) is 38.5 Å². The van der Waals surface area contributed by atoms with E-state index in [0.717, 1.165) is 6.54 Å². The van der Waals surface area contributed by atoms with Crippen molar-refractivity contribution in [2.24, 2.45) is 0 Å². The Morgan fingerprint density at radius 2 is 1.11 bits per heavy atom. The number of unbranched alkanes of at least 4 members (excludes halogenated alkanes) is 9. The fourth-order valence-electron chi connectivity index (χ4n) is 2.03. The zero-order valence-corrected chi connectivity index (χ0v) is 13.3. The standard InChI is InChI=1S/C16H36N2/c1-5-6-7-8-9-10-11-12-13-14-15-17-18-16(2,3)4/h17-18H,5-15H2,1-4H3. The molecule has 0 aliphatic heterocycles. The van der Waals surface area contributed by atoms with E-state index in [1.54, 1.807) is 0 Å². The van der Waals surface area contributed by atoms with Crippen LogP contribution in [-0.2, 0) is 0 Å². The van der Waals surface area contributed by atoms with E-state index in [0.29, 0.717) is 0 Å². The molecule has 2 N–H and O–H groups in total. The fourth-order valence-corrected chi connectivity index (χ4v) is 2.03. The SMILES string of the molecule is CCCCCCCCCCCCNNC(C)(C)C. The van der Waals surface area contributed by atoms with Crippen molar-refractivity contribution < 1.29 is 0 Å². The second-order valence-electron chi connectivity index (χ2n) is 6.48. The molecule has 0 atom stereocenters. The van der Waals surface area contributed by atoms with Crippen molar-refractivity contribution in [3.8, 4) is 0 Å². The molecule has 0 aliphatic carbocycles. The van der Waals surface area contributed by atoms with Gasteiger partial charge < -0.3 is 0 Å². The molecule has 0 bridgehead atoms. The summed E-state index contributed by atoms with van der Waals surface area (Å²) in [6.45, 7) is 9.91. The minimum absolute atomic E-state index is 0.179. The summed E-state index contributed by atoms with van der Waals surface area (Å²) in [5.41, 5.74) is 6.78. The number of hydrazine groups is 1. The summed E-state index contributed by atoms with van der Waals surface area (Å²) in [6.07, 6.45) is 14.1. The Morgan fingerprint density at radius 1 is 0.667 bits per heavy atom. The molecule has 0 unspecified atom stereocenters. The molecule has 0 rings (SSSR count). The van der Waals surface area contributed by atoms with Gasteiger partial charge in [-0.05, 0) is 27.2 Å². The summed E-state index contributed by atoms with van der Waals surface area (Å²) < 4.78 is 0. The molecule has 0 heterocycles. The highest BCUT2D eigenvalue weighted by molar-refractivity contribution is 4.66. The van der Waals surface area contributed by atoms with Crippen LogP contribution in [0.25, 0.3) is 0 Å². The van der Waals surface area contributed by atoms with Gasteiger partial charge in [-0.1, -0.05) is 64.7 Å². The van der Waals surface area contributed by atoms with Gasteiger partial charge in [-0.2, -0.15) is 0 Å². The molecule has 2 heteroatoms. The Labute approximate surface area is 115 Å². The van der Waals surface area contributed by atoms with Gasteiger partial charge in [0.1, 0.15) is 0 Å². The third-order valence-corrected chi connectivity index (χ3v) is 3.12. The molecule has 0 spiro atoms. The van der Waals surface area contributed by atoms with E-state index in [4.69, 9.17) is 0 Å². The zero-order chi connectivity index (χ0) is 13.7. The van der Waals surface area contributed by atoms with Crippen LogP contribution in [0.3, 0.4) is 0 Å². The Morgan fingerprint density at radius 3 is 1.56 bits per heavy atom. The van der Waals surface area contributed by atoms with Crippen molar-refractivity contribution in [1.82, 2.24) is 10.9 Å². The molecule has 2 nitrogen and oxygen atoms in total. The minimum atomic E-state index is 0.179. The van der Waals surface area contributed by atoms with Crippen molar-refractivity contribution in [3.63, 3.8) is 0 Å². The fraction of sp³-hybridized carbons (Fsp3) is 1.00. The lowest BCUT2D eigenvalue weighted by atomic mass is 10.1. The molecule has 0 aliphatic rings. The van der Waals surface area contributed by atoms with Crippen molar-refractivity contribution in [3.05, 3.63) is 0 Å². The Kier molecular flexibility index (Phi) is 11.9. The largest absolute Gasteiger partial charge is 0.257 e. The maximum atomic E-state index is 3.30. The molecule has 0 saturated heterocycles. The Hall–Kier alpha value is -0.0800. The average Bonchev–Trinajstić information content (AvgIpc) is 2.29. The van der Waals surface area contributed by atoms with Gasteiger partial charge >= 0.3 is 0 Å². The van der Waals surface area contributed by atoms with Crippen molar-refractivity contribution in [2.45, 2.75) is 97.4 Å². The summed E-state index contributed by atoms with van der Waals surface area (Å²) in [4.78, 5) is 0. The smallest absolute Gasteiger partial charge is 0.0239 e. The lowest BCUT2D eigenvalue weighted by molar-refractivity contribution is 0.353. The molecule has 0 radical (unpaired) electrons. The molecular weight excluding hydrogens is 220 g/mol. The van der Waals surface area contributed by atoms with Gasteiger partial charge in [0.15, 0.2) is 0 Å². The molecule has 18 heavy (non-hydrogen) atoms. The first-order valence-electron chi connectivity index (χ1n) is 8.06. The van der Waals surface area contributed by atoms with Crippen LogP contribution in [0.2, 0.25) is 0 Å². The molecule has 110 valence electrons. The van der Waals surface area contributed by atoms with Crippen molar-refractivity contribution >= 4 is 0 Å². The highest BCUT2D eigenvalue weighted by Gasteiger charge is 2.06. The third kappa shape index (κ3) is 15.9. The monoisotopic (exact) mass is 256 g/mol. The summed E-state index contributed by atoms with van der Waals surface area (Å²) in [5, 5.41) is 0. The first kappa shape index (κ1) is 17.9. The van der Waals surface area contributed by atoms with Crippen molar-refractivity contribution in [2.75, 3.05) is 6.54 Å². The molecular formula is C16H36N2. The van der Waals surface area contributed by atoms with Crippen LogP contribution >= 0.6 is 0 Å². The minimum Gasteiger partial charge on any atom is -0.257 e. The molecule has 0 aromatic rings. The lowest BCUT2D eigenvalue weighted by Crippen LogP contribution is -2.46. The summed E-state index contributed by atoms with van der Waals surface area (Å²) in [7, 11) is 0. The van der Waals surface area contributed by atoms with Gasteiger partial charge in [0, 0.05) is 12.1 Å². The number of hydrogen-bond acceptors (Lipinski definition) is 2. The van der Waals surface area contributed by atoms with E-state index < -0.39 is 0 Å². The van der Waals surface area contributed by atoms with Crippen LogP contribution in [0, 0.1) is 0 Å². The summed E-state index contributed by atoms with van der Waals surface area (Å²) in [5.74, 6) is 0. The van der Waals surface area contributed by atoms with E-state index >= 15 is 0 Å². The first-order chi connectivity index (χ1) is 8.56. The van der Waals surface area contributed by atoms with Crippen LogP contribution in [0.4, 0.5) is 0 Å². The van der Waals surface area contributed by atoms with Crippen LogP contribution in [0.5, 0.6) is 0 Å².